The molecule has 148 valence electrons. The topological polar surface area (TPSA) is 98.1 Å². The van der Waals surface area contributed by atoms with Gasteiger partial charge in [0.25, 0.3) is 5.91 Å². The molecular weight excluding hydrogens is 374 g/mol. The monoisotopic (exact) mass is 399 g/mol. The number of hydrogen-bond donors (Lipinski definition) is 2. The maximum absolute atomic E-state index is 12.6. The summed E-state index contributed by atoms with van der Waals surface area (Å²) in [5, 5.41) is 16.8. The molecule has 7 nitrogen and oxygen atoms in total. The fraction of sp³-hybridized carbons (Fsp3) is 0.400. The summed E-state index contributed by atoms with van der Waals surface area (Å²) in [4.78, 5) is 31.3. The van der Waals surface area contributed by atoms with Crippen molar-refractivity contribution in [3.63, 3.8) is 0 Å². The minimum atomic E-state index is -0.679. The van der Waals surface area contributed by atoms with Crippen LogP contribution in [0.5, 0.6) is 0 Å². The molecule has 0 fully saturated rings. The number of nitriles is 1. The van der Waals surface area contributed by atoms with E-state index in [1.807, 2.05) is 56.4 Å². The van der Waals surface area contributed by atoms with Crippen molar-refractivity contribution in [1.29, 1.82) is 5.26 Å². The molecule has 0 aliphatic carbocycles. The third kappa shape index (κ3) is 5.79. The van der Waals surface area contributed by atoms with E-state index in [9.17, 15) is 9.59 Å². The van der Waals surface area contributed by atoms with Gasteiger partial charge in [-0.3, -0.25) is 9.59 Å². The molecular formula is C20H25N5O2S. The number of rotatable bonds is 8. The Balaban J connectivity index is 2.09. The molecule has 0 radical (unpaired) electrons. The van der Waals surface area contributed by atoms with Gasteiger partial charge in [-0.25, -0.2) is 4.98 Å². The molecule has 2 amide bonds. The number of nitrogens with one attached hydrogen (secondary N) is 2. The summed E-state index contributed by atoms with van der Waals surface area (Å²) in [5.74, 6) is -0.452. The van der Waals surface area contributed by atoms with Crippen LogP contribution in [0.1, 0.15) is 30.6 Å². The molecule has 0 saturated heterocycles. The number of hydrogen-bond acceptors (Lipinski definition) is 6. The van der Waals surface area contributed by atoms with Crippen LogP contribution in [0.3, 0.4) is 0 Å². The number of aromatic nitrogens is 1. The van der Waals surface area contributed by atoms with Crippen LogP contribution in [-0.4, -0.2) is 43.5 Å². The maximum atomic E-state index is 12.6. The van der Waals surface area contributed by atoms with E-state index in [-0.39, 0.29) is 24.3 Å². The number of thiazole rings is 1. The summed E-state index contributed by atoms with van der Waals surface area (Å²) in [6, 6.07) is 8.32. The molecule has 1 atom stereocenters. The second-order valence-electron chi connectivity index (χ2n) is 7.02. The Hall–Kier alpha value is -2.92. The van der Waals surface area contributed by atoms with Crippen molar-refractivity contribution in [3.8, 4) is 17.3 Å². The average Bonchev–Trinajstić information content (AvgIpc) is 3.15. The second-order valence-corrected chi connectivity index (χ2v) is 7.86. The van der Waals surface area contributed by atoms with Crippen molar-refractivity contribution in [1.82, 2.24) is 15.6 Å². The van der Waals surface area contributed by atoms with Crippen molar-refractivity contribution in [3.05, 3.63) is 35.2 Å². The van der Waals surface area contributed by atoms with Crippen molar-refractivity contribution < 1.29 is 9.59 Å². The third-order valence-corrected chi connectivity index (χ3v) is 5.00. The van der Waals surface area contributed by atoms with Crippen LogP contribution in [0.25, 0.3) is 11.3 Å². The standard InChI is InChI=1S/C20H25N5O2S/c1-13(2)11-16(19(27)22-10-9-21)23-18(26)15-7-5-14(6-8-15)17-12-28-20(24-17)25(3)4/h5-8,12-13,16H,10-11H2,1-4H3,(H,22,27)(H,23,26). The van der Waals surface area contributed by atoms with Crippen LogP contribution in [0.2, 0.25) is 0 Å². The molecule has 0 aliphatic heterocycles. The van der Waals surface area contributed by atoms with E-state index in [4.69, 9.17) is 5.26 Å². The molecule has 1 aromatic heterocycles. The van der Waals surface area contributed by atoms with Gasteiger partial charge in [-0.1, -0.05) is 26.0 Å². The van der Waals surface area contributed by atoms with Gasteiger partial charge in [0.05, 0.1) is 11.8 Å². The first kappa shape index (κ1) is 21.4. The summed E-state index contributed by atoms with van der Waals surface area (Å²) in [6.45, 7) is 3.86. The van der Waals surface area contributed by atoms with E-state index in [0.29, 0.717) is 12.0 Å². The summed E-state index contributed by atoms with van der Waals surface area (Å²) >= 11 is 1.55. The quantitative estimate of drug-likeness (QED) is 0.665. The predicted octanol–water partition coefficient (Wildman–Crippen LogP) is 2.66. The first-order valence-electron chi connectivity index (χ1n) is 9.00. The highest BCUT2D eigenvalue weighted by Gasteiger charge is 2.22. The molecule has 2 aromatic rings. The number of carbonyl (C=O) groups is 2. The molecule has 28 heavy (non-hydrogen) atoms. The summed E-state index contributed by atoms with van der Waals surface area (Å²) < 4.78 is 0. The van der Waals surface area contributed by atoms with E-state index >= 15 is 0 Å². The Morgan fingerprint density at radius 1 is 1.25 bits per heavy atom. The van der Waals surface area contributed by atoms with Gasteiger partial charge in [0.1, 0.15) is 12.6 Å². The first-order valence-corrected chi connectivity index (χ1v) is 9.88. The van der Waals surface area contributed by atoms with Crippen LogP contribution in [0, 0.1) is 17.2 Å². The Bertz CT molecular complexity index is 852. The highest BCUT2D eigenvalue weighted by atomic mass is 32.1. The Morgan fingerprint density at radius 3 is 2.46 bits per heavy atom. The fourth-order valence-corrected chi connectivity index (χ4v) is 3.36. The van der Waals surface area contributed by atoms with Gasteiger partial charge in [-0.2, -0.15) is 5.26 Å². The molecule has 2 N–H and O–H groups in total. The molecule has 0 spiro atoms. The number of carbonyl (C=O) groups excluding carboxylic acids is 2. The van der Waals surface area contributed by atoms with E-state index in [1.54, 1.807) is 23.5 Å². The van der Waals surface area contributed by atoms with E-state index < -0.39 is 6.04 Å². The van der Waals surface area contributed by atoms with Crippen LogP contribution in [0.15, 0.2) is 29.6 Å². The zero-order chi connectivity index (χ0) is 20.7. The van der Waals surface area contributed by atoms with Gasteiger partial charge >= 0.3 is 0 Å². The van der Waals surface area contributed by atoms with E-state index in [2.05, 4.69) is 15.6 Å². The Labute approximate surface area is 169 Å². The zero-order valence-corrected chi connectivity index (χ0v) is 17.3. The minimum absolute atomic E-state index is 0.0828. The largest absolute Gasteiger partial charge is 0.354 e. The number of benzene rings is 1. The van der Waals surface area contributed by atoms with Crippen LogP contribution in [0.4, 0.5) is 5.13 Å². The van der Waals surface area contributed by atoms with Crippen molar-refractivity contribution in [2.24, 2.45) is 5.92 Å². The first-order chi connectivity index (χ1) is 13.3. The van der Waals surface area contributed by atoms with Crippen molar-refractivity contribution >= 4 is 28.3 Å². The van der Waals surface area contributed by atoms with E-state index in [0.717, 1.165) is 16.4 Å². The van der Waals surface area contributed by atoms with Gasteiger partial charge in [-0.15, -0.1) is 11.3 Å². The van der Waals surface area contributed by atoms with Crippen LogP contribution < -0.4 is 15.5 Å². The second kappa shape index (κ2) is 9.85. The molecule has 8 heteroatoms. The fourth-order valence-electron chi connectivity index (χ4n) is 2.59. The lowest BCUT2D eigenvalue weighted by Gasteiger charge is -2.19. The molecule has 1 heterocycles. The lowest BCUT2D eigenvalue weighted by Crippen LogP contribution is -2.47. The third-order valence-electron chi connectivity index (χ3n) is 3.99. The zero-order valence-electron chi connectivity index (χ0n) is 16.5. The average molecular weight is 400 g/mol. The highest BCUT2D eigenvalue weighted by Crippen LogP contribution is 2.26. The summed E-state index contributed by atoms with van der Waals surface area (Å²) in [7, 11) is 3.88. The Kier molecular flexibility index (Phi) is 7.52. The normalized spacial score (nSPS) is 11.6. The number of nitrogens with zero attached hydrogens (tertiary/aromatic N) is 3. The van der Waals surface area contributed by atoms with Crippen LogP contribution >= 0.6 is 11.3 Å². The number of amides is 2. The summed E-state index contributed by atoms with van der Waals surface area (Å²) in [5.41, 5.74) is 2.24. The summed E-state index contributed by atoms with van der Waals surface area (Å²) in [6.07, 6.45) is 0.493. The van der Waals surface area contributed by atoms with Gasteiger partial charge in [0, 0.05) is 30.6 Å². The molecule has 1 unspecified atom stereocenters. The SMILES string of the molecule is CC(C)CC(NC(=O)c1ccc(-c2csc(N(C)C)n2)cc1)C(=O)NCC#N. The molecule has 0 aliphatic rings. The smallest absolute Gasteiger partial charge is 0.251 e. The van der Waals surface area contributed by atoms with Crippen molar-refractivity contribution in [2.75, 3.05) is 25.5 Å². The van der Waals surface area contributed by atoms with Gasteiger partial charge in [0.2, 0.25) is 5.91 Å². The maximum Gasteiger partial charge on any atom is 0.251 e. The van der Waals surface area contributed by atoms with E-state index in [1.165, 1.54) is 0 Å². The van der Waals surface area contributed by atoms with Crippen LogP contribution in [-0.2, 0) is 4.79 Å². The van der Waals surface area contributed by atoms with Gasteiger partial charge in [0.15, 0.2) is 5.13 Å². The Morgan fingerprint density at radius 2 is 1.93 bits per heavy atom. The lowest BCUT2D eigenvalue weighted by molar-refractivity contribution is -0.123. The lowest BCUT2D eigenvalue weighted by atomic mass is 10.0. The minimum Gasteiger partial charge on any atom is -0.354 e. The number of anilines is 1. The molecule has 2 rings (SSSR count). The molecule has 0 bridgehead atoms. The molecule has 1 aromatic carbocycles. The molecule has 0 saturated carbocycles. The predicted molar refractivity (Wildman–Crippen MR) is 111 cm³/mol. The van der Waals surface area contributed by atoms with Gasteiger partial charge in [-0.05, 0) is 24.5 Å². The van der Waals surface area contributed by atoms with Crippen molar-refractivity contribution in [2.45, 2.75) is 26.3 Å². The highest BCUT2D eigenvalue weighted by molar-refractivity contribution is 7.14. The van der Waals surface area contributed by atoms with Gasteiger partial charge < -0.3 is 15.5 Å².